The lowest BCUT2D eigenvalue weighted by molar-refractivity contribution is 0.311. The van der Waals surface area contributed by atoms with Crippen molar-refractivity contribution in [2.45, 2.75) is 6.92 Å². The number of ether oxygens (including phenoxy) is 3. The zero-order valence-corrected chi connectivity index (χ0v) is 14.1. The quantitative estimate of drug-likeness (QED) is 0.609. The molecule has 0 fully saturated rings. The summed E-state index contributed by atoms with van der Waals surface area (Å²) in [5, 5.41) is 4.67. The van der Waals surface area contributed by atoms with Crippen LogP contribution in [-0.2, 0) is 0 Å². The molecule has 5 nitrogen and oxygen atoms in total. The van der Waals surface area contributed by atoms with Crippen molar-refractivity contribution in [1.82, 2.24) is 0 Å². The van der Waals surface area contributed by atoms with Gasteiger partial charge in [0.15, 0.2) is 11.5 Å². The smallest absolute Gasteiger partial charge is 0.179 e. The van der Waals surface area contributed by atoms with Crippen molar-refractivity contribution in [3.05, 3.63) is 47.0 Å². The molecule has 23 heavy (non-hydrogen) atoms. The van der Waals surface area contributed by atoms with Crippen LogP contribution in [0.3, 0.4) is 0 Å². The molecule has 2 aromatic carbocycles. The SMILES string of the molecule is CCOc1cc(/C=N/Nc2ccc(OC)cc2)cc(Cl)c1OC. The van der Waals surface area contributed by atoms with Crippen LogP contribution in [0.5, 0.6) is 17.2 Å². The van der Waals surface area contributed by atoms with Gasteiger partial charge in [-0.1, -0.05) is 11.6 Å². The Balaban J connectivity index is 2.11. The highest BCUT2D eigenvalue weighted by molar-refractivity contribution is 6.32. The van der Waals surface area contributed by atoms with Crippen molar-refractivity contribution in [3.63, 3.8) is 0 Å². The van der Waals surface area contributed by atoms with E-state index in [2.05, 4.69) is 10.5 Å². The van der Waals surface area contributed by atoms with E-state index in [0.717, 1.165) is 17.0 Å². The number of rotatable bonds is 7. The first-order chi connectivity index (χ1) is 11.2. The highest BCUT2D eigenvalue weighted by Gasteiger charge is 2.10. The van der Waals surface area contributed by atoms with Gasteiger partial charge >= 0.3 is 0 Å². The van der Waals surface area contributed by atoms with Gasteiger partial charge in [0.2, 0.25) is 0 Å². The van der Waals surface area contributed by atoms with Gasteiger partial charge in [0.05, 0.1) is 37.8 Å². The second-order valence-electron chi connectivity index (χ2n) is 4.57. The van der Waals surface area contributed by atoms with E-state index in [4.69, 9.17) is 25.8 Å². The third-order valence-electron chi connectivity index (χ3n) is 3.03. The summed E-state index contributed by atoms with van der Waals surface area (Å²) in [5.41, 5.74) is 4.60. The van der Waals surface area contributed by atoms with E-state index < -0.39 is 0 Å². The van der Waals surface area contributed by atoms with Gasteiger partial charge in [-0.3, -0.25) is 5.43 Å². The first-order valence-electron chi connectivity index (χ1n) is 7.11. The number of hydrogen-bond donors (Lipinski definition) is 1. The number of hydrazone groups is 1. The Morgan fingerprint density at radius 3 is 2.48 bits per heavy atom. The average Bonchev–Trinajstić information content (AvgIpc) is 2.56. The molecule has 0 atom stereocenters. The van der Waals surface area contributed by atoms with Crippen molar-refractivity contribution in [2.24, 2.45) is 5.10 Å². The predicted molar refractivity (Wildman–Crippen MR) is 93.4 cm³/mol. The predicted octanol–water partition coefficient (Wildman–Crippen LogP) is 4.20. The van der Waals surface area contributed by atoms with Crippen LogP contribution in [0, 0.1) is 0 Å². The summed E-state index contributed by atoms with van der Waals surface area (Å²) < 4.78 is 15.9. The largest absolute Gasteiger partial charge is 0.497 e. The number of anilines is 1. The maximum absolute atomic E-state index is 6.20. The van der Waals surface area contributed by atoms with E-state index in [1.54, 1.807) is 26.5 Å². The Morgan fingerprint density at radius 1 is 1.13 bits per heavy atom. The molecule has 0 aliphatic rings. The number of benzene rings is 2. The monoisotopic (exact) mass is 334 g/mol. The molecular weight excluding hydrogens is 316 g/mol. The maximum Gasteiger partial charge on any atom is 0.179 e. The van der Waals surface area contributed by atoms with E-state index in [9.17, 15) is 0 Å². The van der Waals surface area contributed by atoms with Gasteiger partial charge in [-0.15, -0.1) is 0 Å². The first kappa shape index (κ1) is 17.0. The number of methoxy groups -OCH3 is 2. The van der Waals surface area contributed by atoms with Crippen LogP contribution >= 0.6 is 11.6 Å². The molecule has 0 radical (unpaired) electrons. The van der Waals surface area contributed by atoms with Gasteiger partial charge in [-0.25, -0.2) is 0 Å². The van der Waals surface area contributed by atoms with Gasteiger partial charge in [0, 0.05) is 0 Å². The van der Waals surface area contributed by atoms with Crippen molar-refractivity contribution >= 4 is 23.5 Å². The Hall–Kier alpha value is -2.40. The third kappa shape index (κ3) is 4.53. The van der Waals surface area contributed by atoms with Gasteiger partial charge in [0.1, 0.15) is 5.75 Å². The van der Waals surface area contributed by atoms with Gasteiger partial charge in [0.25, 0.3) is 0 Å². The van der Waals surface area contributed by atoms with Crippen LogP contribution in [0.2, 0.25) is 5.02 Å². The lowest BCUT2D eigenvalue weighted by atomic mass is 10.2. The summed E-state index contributed by atoms with van der Waals surface area (Å²) >= 11 is 6.20. The van der Waals surface area contributed by atoms with Crippen LogP contribution in [0.1, 0.15) is 12.5 Å². The van der Waals surface area contributed by atoms with Gasteiger partial charge in [-0.05, 0) is 48.9 Å². The number of halogens is 1. The maximum atomic E-state index is 6.20. The molecule has 0 amide bonds. The molecule has 0 heterocycles. The fourth-order valence-corrected chi connectivity index (χ4v) is 2.27. The van der Waals surface area contributed by atoms with Crippen LogP contribution in [-0.4, -0.2) is 27.0 Å². The normalized spacial score (nSPS) is 10.6. The van der Waals surface area contributed by atoms with Crippen molar-refractivity contribution in [2.75, 3.05) is 26.3 Å². The molecule has 0 saturated carbocycles. The second kappa shape index (κ2) is 8.29. The molecule has 0 unspecified atom stereocenters. The third-order valence-corrected chi connectivity index (χ3v) is 3.31. The molecule has 0 spiro atoms. The molecule has 1 N–H and O–H groups in total. The van der Waals surface area contributed by atoms with Crippen LogP contribution < -0.4 is 19.6 Å². The molecule has 6 heteroatoms. The average molecular weight is 335 g/mol. The minimum Gasteiger partial charge on any atom is -0.497 e. The summed E-state index contributed by atoms with van der Waals surface area (Å²) in [7, 11) is 3.19. The Kier molecular flexibility index (Phi) is 6.11. The van der Waals surface area contributed by atoms with Crippen LogP contribution in [0.4, 0.5) is 5.69 Å². The second-order valence-corrected chi connectivity index (χ2v) is 4.97. The van der Waals surface area contributed by atoms with Crippen LogP contribution in [0.15, 0.2) is 41.5 Å². The molecule has 122 valence electrons. The summed E-state index contributed by atoms with van der Waals surface area (Å²) in [6.07, 6.45) is 1.66. The zero-order chi connectivity index (χ0) is 16.7. The van der Waals surface area contributed by atoms with E-state index >= 15 is 0 Å². The summed E-state index contributed by atoms with van der Waals surface area (Å²) in [5.74, 6) is 1.91. The summed E-state index contributed by atoms with van der Waals surface area (Å²) in [6.45, 7) is 2.43. The number of nitrogens with zero attached hydrogens (tertiary/aromatic N) is 1. The molecule has 0 aliphatic carbocycles. The molecule has 0 aliphatic heterocycles. The first-order valence-corrected chi connectivity index (χ1v) is 7.49. The van der Waals surface area contributed by atoms with Gasteiger partial charge < -0.3 is 14.2 Å². The summed E-state index contributed by atoms with van der Waals surface area (Å²) in [6, 6.07) is 11.1. The molecule has 0 aromatic heterocycles. The Bertz CT molecular complexity index is 672. The number of nitrogens with one attached hydrogen (secondary N) is 1. The fraction of sp³-hybridized carbons (Fsp3) is 0.235. The van der Waals surface area contributed by atoms with E-state index in [-0.39, 0.29) is 0 Å². The van der Waals surface area contributed by atoms with Crippen LogP contribution in [0.25, 0.3) is 0 Å². The van der Waals surface area contributed by atoms with E-state index in [1.807, 2.05) is 37.3 Å². The highest BCUT2D eigenvalue weighted by atomic mass is 35.5. The lowest BCUT2D eigenvalue weighted by Crippen LogP contribution is -1.98. The van der Waals surface area contributed by atoms with Gasteiger partial charge in [-0.2, -0.15) is 5.10 Å². The topological polar surface area (TPSA) is 52.1 Å². The lowest BCUT2D eigenvalue weighted by Gasteiger charge is -2.11. The minimum atomic E-state index is 0.476. The standard InChI is InChI=1S/C17H19ClN2O3/c1-4-23-16-10-12(9-15(18)17(16)22-3)11-19-20-13-5-7-14(21-2)8-6-13/h5-11,20H,4H2,1-3H3/b19-11+. The highest BCUT2D eigenvalue weighted by Crippen LogP contribution is 2.35. The minimum absolute atomic E-state index is 0.476. The Morgan fingerprint density at radius 2 is 1.87 bits per heavy atom. The van der Waals surface area contributed by atoms with Crippen molar-refractivity contribution in [1.29, 1.82) is 0 Å². The van der Waals surface area contributed by atoms with Crippen molar-refractivity contribution in [3.8, 4) is 17.2 Å². The molecule has 2 aromatic rings. The number of hydrogen-bond acceptors (Lipinski definition) is 5. The molecule has 0 saturated heterocycles. The van der Waals surface area contributed by atoms with Crippen molar-refractivity contribution < 1.29 is 14.2 Å². The molecule has 2 rings (SSSR count). The summed E-state index contributed by atoms with van der Waals surface area (Å²) in [4.78, 5) is 0. The Labute approximate surface area is 140 Å². The molecular formula is C17H19ClN2O3. The zero-order valence-electron chi connectivity index (χ0n) is 13.3. The van der Waals surface area contributed by atoms with E-state index in [1.165, 1.54) is 0 Å². The molecule has 0 bridgehead atoms. The fourth-order valence-electron chi connectivity index (χ4n) is 1.97. The van der Waals surface area contributed by atoms with E-state index in [0.29, 0.717) is 23.1 Å².